The second kappa shape index (κ2) is 7.50. The number of benzene rings is 2. The second-order valence-electron chi connectivity index (χ2n) is 7.54. The molecule has 2 heteroatoms. The lowest BCUT2D eigenvalue weighted by Crippen LogP contribution is -2.30. The molecule has 1 aliphatic rings. The number of hydrogen-bond donors (Lipinski definition) is 1. The van der Waals surface area contributed by atoms with Crippen LogP contribution in [-0.4, -0.2) is 29.7 Å². The SMILES string of the molecule is C[C@@H]1CN(C(c2ccccc2)c2ccccc2)C[C@@]1(C)CCCO. The van der Waals surface area contributed by atoms with Gasteiger partial charge in [-0.25, -0.2) is 0 Å². The van der Waals surface area contributed by atoms with Crippen LogP contribution in [0.4, 0.5) is 0 Å². The molecule has 2 nitrogen and oxygen atoms in total. The van der Waals surface area contributed by atoms with Gasteiger partial charge in [0.25, 0.3) is 0 Å². The lowest BCUT2D eigenvalue weighted by atomic mass is 9.77. The summed E-state index contributed by atoms with van der Waals surface area (Å²) in [7, 11) is 0. The average molecular weight is 323 g/mol. The molecule has 0 unspecified atom stereocenters. The Bertz CT molecular complexity index is 587. The zero-order chi connectivity index (χ0) is 17.0. The summed E-state index contributed by atoms with van der Waals surface area (Å²) < 4.78 is 0. The van der Waals surface area contributed by atoms with Crippen LogP contribution in [0.2, 0.25) is 0 Å². The summed E-state index contributed by atoms with van der Waals surface area (Å²) in [5.74, 6) is 0.638. The number of aliphatic hydroxyl groups excluding tert-OH is 1. The fourth-order valence-corrected chi connectivity index (χ4v) is 4.15. The first-order chi connectivity index (χ1) is 11.6. The van der Waals surface area contributed by atoms with Crippen molar-refractivity contribution < 1.29 is 5.11 Å². The third-order valence-corrected chi connectivity index (χ3v) is 5.76. The van der Waals surface area contributed by atoms with Crippen molar-refractivity contribution in [1.82, 2.24) is 4.90 Å². The van der Waals surface area contributed by atoms with Crippen LogP contribution in [0.3, 0.4) is 0 Å². The molecule has 2 aromatic rings. The summed E-state index contributed by atoms with van der Waals surface area (Å²) in [6, 6.07) is 22.0. The number of likely N-dealkylation sites (tertiary alicyclic amines) is 1. The van der Waals surface area contributed by atoms with Crippen LogP contribution in [0.1, 0.15) is 43.9 Å². The van der Waals surface area contributed by atoms with E-state index in [1.165, 1.54) is 11.1 Å². The molecule has 0 bridgehead atoms. The standard InChI is InChI=1S/C22H29NO/c1-18-16-23(17-22(18,2)14-9-15-24)21(19-10-5-3-6-11-19)20-12-7-4-8-13-20/h3-8,10-13,18,21,24H,9,14-17H2,1-2H3/t18-,22-/m1/s1. The molecule has 0 saturated carbocycles. The molecule has 24 heavy (non-hydrogen) atoms. The highest BCUT2D eigenvalue weighted by atomic mass is 16.2. The molecule has 0 amide bonds. The number of hydrogen-bond acceptors (Lipinski definition) is 2. The van der Waals surface area contributed by atoms with Crippen LogP contribution < -0.4 is 0 Å². The van der Waals surface area contributed by atoms with Gasteiger partial charge in [0, 0.05) is 19.7 Å². The lowest BCUT2D eigenvalue weighted by molar-refractivity contribution is 0.189. The quantitative estimate of drug-likeness (QED) is 0.845. The summed E-state index contributed by atoms with van der Waals surface area (Å²) in [5, 5.41) is 9.24. The molecule has 0 aliphatic carbocycles. The molecule has 1 fully saturated rings. The molecule has 2 aromatic carbocycles. The van der Waals surface area contributed by atoms with E-state index in [4.69, 9.17) is 0 Å². The molecule has 128 valence electrons. The number of aliphatic hydroxyl groups is 1. The van der Waals surface area contributed by atoms with Crippen LogP contribution in [-0.2, 0) is 0 Å². The molecule has 1 saturated heterocycles. The topological polar surface area (TPSA) is 23.5 Å². The number of rotatable bonds is 6. The van der Waals surface area contributed by atoms with E-state index < -0.39 is 0 Å². The summed E-state index contributed by atoms with van der Waals surface area (Å²) >= 11 is 0. The summed E-state index contributed by atoms with van der Waals surface area (Å²) in [6.45, 7) is 7.24. The van der Waals surface area contributed by atoms with Gasteiger partial charge in [0.2, 0.25) is 0 Å². The maximum absolute atomic E-state index is 9.24. The van der Waals surface area contributed by atoms with Crippen LogP contribution in [0.25, 0.3) is 0 Å². The summed E-state index contributed by atoms with van der Waals surface area (Å²) in [4.78, 5) is 2.63. The van der Waals surface area contributed by atoms with Crippen LogP contribution in [0.15, 0.2) is 60.7 Å². The van der Waals surface area contributed by atoms with Crippen molar-refractivity contribution in [3.8, 4) is 0 Å². The Hall–Kier alpha value is -1.64. The monoisotopic (exact) mass is 323 g/mol. The van der Waals surface area contributed by atoms with Gasteiger partial charge < -0.3 is 5.11 Å². The lowest BCUT2D eigenvalue weighted by Gasteiger charge is -2.31. The van der Waals surface area contributed by atoms with Gasteiger partial charge in [-0.2, -0.15) is 0 Å². The molecule has 1 heterocycles. The first-order valence-electron chi connectivity index (χ1n) is 9.09. The van der Waals surface area contributed by atoms with Gasteiger partial charge in [-0.15, -0.1) is 0 Å². The van der Waals surface area contributed by atoms with Crippen LogP contribution in [0.5, 0.6) is 0 Å². The summed E-state index contributed by atoms with van der Waals surface area (Å²) in [6.07, 6.45) is 1.99. The number of nitrogens with zero attached hydrogens (tertiary/aromatic N) is 1. The molecule has 1 N–H and O–H groups in total. The smallest absolute Gasteiger partial charge is 0.0602 e. The molecule has 1 aliphatic heterocycles. The Kier molecular flexibility index (Phi) is 5.37. The minimum atomic E-state index is 0.282. The third-order valence-electron chi connectivity index (χ3n) is 5.76. The first kappa shape index (κ1) is 17.2. The van der Waals surface area contributed by atoms with E-state index in [0.717, 1.165) is 25.9 Å². The molecular formula is C22H29NO. The van der Waals surface area contributed by atoms with Crippen molar-refractivity contribution in [2.75, 3.05) is 19.7 Å². The molecule has 0 aromatic heterocycles. The van der Waals surface area contributed by atoms with Crippen molar-refractivity contribution in [3.63, 3.8) is 0 Å². The molecule has 3 rings (SSSR count). The highest BCUT2D eigenvalue weighted by molar-refractivity contribution is 5.32. The first-order valence-corrected chi connectivity index (χ1v) is 9.09. The van der Waals surface area contributed by atoms with Crippen molar-refractivity contribution >= 4 is 0 Å². The van der Waals surface area contributed by atoms with Crippen molar-refractivity contribution in [2.45, 2.75) is 32.7 Å². The van der Waals surface area contributed by atoms with E-state index in [-0.39, 0.29) is 5.41 Å². The van der Waals surface area contributed by atoms with Crippen molar-refractivity contribution in [1.29, 1.82) is 0 Å². The minimum absolute atomic E-state index is 0.282. The van der Waals surface area contributed by atoms with Crippen LogP contribution >= 0.6 is 0 Å². The third kappa shape index (κ3) is 3.55. The van der Waals surface area contributed by atoms with Gasteiger partial charge in [-0.05, 0) is 35.3 Å². The van der Waals surface area contributed by atoms with Crippen molar-refractivity contribution in [2.24, 2.45) is 11.3 Å². The Morgan fingerprint density at radius 2 is 1.58 bits per heavy atom. The summed E-state index contributed by atoms with van der Waals surface area (Å²) in [5.41, 5.74) is 3.01. The fraction of sp³-hybridized carbons (Fsp3) is 0.455. The Balaban J connectivity index is 1.90. The highest BCUT2D eigenvalue weighted by Gasteiger charge is 2.42. The van der Waals surface area contributed by atoms with E-state index in [2.05, 4.69) is 79.4 Å². The average Bonchev–Trinajstić information content (AvgIpc) is 2.90. The van der Waals surface area contributed by atoms with Gasteiger partial charge in [0.15, 0.2) is 0 Å². The predicted molar refractivity (Wildman–Crippen MR) is 99.9 cm³/mol. The molecule has 0 radical (unpaired) electrons. The zero-order valence-electron chi connectivity index (χ0n) is 14.9. The van der Waals surface area contributed by atoms with Gasteiger partial charge in [0.1, 0.15) is 0 Å². The van der Waals surface area contributed by atoms with E-state index >= 15 is 0 Å². The Morgan fingerprint density at radius 3 is 2.08 bits per heavy atom. The van der Waals surface area contributed by atoms with Gasteiger partial charge >= 0.3 is 0 Å². The van der Waals surface area contributed by atoms with E-state index in [1.807, 2.05) is 0 Å². The maximum atomic E-state index is 9.24. The second-order valence-corrected chi connectivity index (χ2v) is 7.54. The maximum Gasteiger partial charge on any atom is 0.0602 e. The zero-order valence-corrected chi connectivity index (χ0v) is 14.9. The van der Waals surface area contributed by atoms with Crippen LogP contribution in [0, 0.1) is 11.3 Å². The highest BCUT2D eigenvalue weighted by Crippen LogP contribution is 2.44. The molecule has 0 spiro atoms. The van der Waals surface area contributed by atoms with Gasteiger partial charge in [0.05, 0.1) is 6.04 Å². The fourth-order valence-electron chi connectivity index (χ4n) is 4.15. The molecular weight excluding hydrogens is 294 g/mol. The largest absolute Gasteiger partial charge is 0.396 e. The van der Waals surface area contributed by atoms with E-state index in [1.54, 1.807) is 0 Å². The van der Waals surface area contributed by atoms with E-state index in [0.29, 0.717) is 18.6 Å². The Labute approximate surface area is 146 Å². The predicted octanol–water partition coefficient (Wildman–Crippen LogP) is 4.51. The van der Waals surface area contributed by atoms with E-state index in [9.17, 15) is 5.11 Å². The van der Waals surface area contributed by atoms with Gasteiger partial charge in [-0.3, -0.25) is 4.90 Å². The Morgan fingerprint density at radius 1 is 1.04 bits per heavy atom. The minimum Gasteiger partial charge on any atom is -0.396 e. The van der Waals surface area contributed by atoms with Crippen molar-refractivity contribution in [3.05, 3.63) is 71.8 Å². The molecule has 2 atom stereocenters. The normalized spacial score (nSPS) is 24.6. The van der Waals surface area contributed by atoms with Gasteiger partial charge in [-0.1, -0.05) is 74.5 Å².